The van der Waals surface area contributed by atoms with E-state index in [1.807, 2.05) is 40.1 Å². The number of nitrogens with one attached hydrogen (secondary N) is 1. The van der Waals surface area contributed by atoms with Crippen LogP contribution < -0.4 is 5.32 Å². The number of aromatic nitrogens is 3. The van der Waals surface area contributed by atoms with Crippen molar-refractivity contribution in [3.05, 3.63) is 52.1 Å². The third-order valence-electron chi connectivity index (χ3n) is 3.94. The first-order valence-corrected chi connectivity index (χ1v) is 7.88. The number of pyridine rings is 1. The lowest BCUT2D eigenvalue weighted by Crippen LogP contribution is -2.24. The number of nitrogens with zero attached hydrogens (tertiary/aromatic N) is 3. The van der Waals surface area contributed by atoms with Gasteiger partial charge in [0.05, 0.1) is 6.54 Å². The molecule has 0 aliphatic heterocycles. The Bertz CT molecular complexity index is 730. The fourth-order valence-electron chi connectivity index (χ4n) is 2.92. The van der Waals surface area contributed by atoms with Crippen LogP contribution in [0.4, 0.5) is 0 Å². The maximum atomic E-state index is 4.28. The largest absolute Gasteiger partial charge is 0.303 e. The Hall–Kier alpha value is -1.72. The molecule has 1 atom stereocenters. The molecule has 1 unspecified atom stereocenters. The molecule has 4 rings (SSSR count). The zero-order chi connectivity index (χ0) is 13.4. The summed E-state index contributed by atoms with van der Waals surface area (Å²) < 4.78 is 2.05. The highest BCUT2D eigenvalue weighted by Gasteiger charge is 2.21. The lowest BCUT2D eigenvalue weighted by molar-refractivity contribution is 0.455. The minimum absolute atomic E-state index is 0.459. The SMILES string of the molecule is c1ccn2c(CNC3CCCc4sccc43)nnc2c1. The average molecular weight is 284 g/mol. The topological polar surface area (TPSA) is 42.2 Å². The van der Waals surface area contributed by atoms with Crippen molar-refractivity contribution in [2.45, 2.75) is 31.8 Å². The van der Waals surface area contributed by atoms with Crippen LogP contribution in [0.15, 0.2) is 35.8 Å². The Morgan fingerprint density at radius 2 is 2.30 bits per heavy atom. The van der Waals surface area contributed by atoms with E-state index in [1.165, 1.54) is 24.8 Å². The third kappa shape index (κ3) is 2.03. The minimum Gasteiger partial charge on any atom is -0.303 e. The van der Waals surface area contributed by atoms with Gasteiger partial charge in [0, 0.05) is 17.1 Å². The van der Waals surface area contributed by atoms with Gasteiger partial charge in [-0.2, -0.15) is 0 Å². The summed E-state index contributed by atoms with van der Waals surface area (Å²) >= 11 is 1.88. The molecule has 0 amide bonds. The van der Waals surface area contributed by atoms with Gasteiger partial charge in [-0.05, 0) is 48.4 Å². The molecular formula is C15H16N4S. The van der Waals surface area contributed by atoms with Crippen LogP contribution in [0.25, 0.3) is 5.65 Å². The summed E-state index contributed by atoms with van der Waals surface area (Å²) in [5.74, 6) is 0.975. The zero-order valence-electron chi connectivity index (χ0n) is 11.1. The third-order valence-corrected chi connectivity index (χ3v) is 4.94. The van der Waals surface area contributed by atoms with Crippen molar-refractivity contribution in [2.75, 3.05) is 0 Å². The molecule has 3 aromatic rings. The van der Waals surface area contributed by atoms with Gasteiger partial charge in [-0.1, -0.05) is 6.07 Å². The second kappa shape index (κ2) is 5.00. The Morgan fingerprint density at radius 3 is 3.30 bits per heavy atom. The highest BCUT2D eigenvalue weighted by molar-refractivity contribution is 7.10. The van der Waals surface area contributed by atoms with Crippen molar-refractivity contribution in [1.29, 1.82) is 0 Å². The number of hydrogen-bond donors (Lipinski definition) is 1. The second-order valence-electron chi connectivity index (χ2n) is 5.17. The van der Waals surface area contributed by atoms with Gasteiger partial charge in [-0.3, -0.25) is 4.40 Å². The maximum Gasteiger partial charge on any atom is 0.160 e. The van der Waals surface area contributed by atoms with Crippen molar-refractivity contribution in [3.8, 4) is 0 Å². The quantitative estimate of drug-likeness (QED) is 0.804. The lowest BCUT2D eigenvalue weighted by atomic mass is 9.94. The van der Waals surface area contributed by atoms with Gasteiger partial charge in [-0.15, -0.1) is 21.5 Å². The summed E-state index contributed by atoms with van der Waals surface area (Å²) in [6.07, 6.45) is 5.73. The number of hydrogen-bond acceptors (Lipinski definition) is 4. The number of rotatable bonds is 3. The van der Waals surface area contributed by atoms with Gasteiger partial charge >= 0.3 is 0 Å². The van der Waals surface area contributed by atoms with Crippen molar-refractivity contribution in [2.24, 2.45) is 0 Å². The first-order valence-electron chi connectivity index (χ1n) is 7.00. The smallest absolute Gasteiger partial charge is 0.160 e. The Balaban J connectivity index is 1.54. The van der Waals surface area contributed by atoms with E-state index in [1.54, 1.807) is 4.88 Å². The van der Waals surface area contributed by atoms with Gasteiger partial charge < -0.3 is 5.32 Å². The normalized spacial score (nSPS) is 18.3. The minimum atomic E-state index is 0.459. The zero-order valence-corrected chi connectivity index (χ0v) is 11.9. The fourth-order valence-corrected chi connectivity index (χ4v) is 3.91. The number of thiophene rings is 1. The van der Waals surface area contributed by atoms with Gasteiger partial charge in [0.15, 0.2) is 11.5 Å². The molecule has 1 aliphatic carbocycles. The predicted molar refractivity (Wildman–Crippen MR) is 79.8 cm³/mol. The lowest BCUT2D eigenvalue weighted by Gasteiger charge is -2.23. The molecule has 0 aromatic carbocycles. The second-order valence-corrected chi connectivity index (χ2v) is 6.17. The molecule has 0 spiro atoms. The summed E-state index contributed by atoms with van der Waals surface area (Å²) in [5.41, 5.74) is 2.39. The van der Waals surface area contributed by atoms with E-state index in [9.17, 15) is 0 Å². The first-order chi connectivity index (χ1) is 9.92. The van der Waals surface area contributed by atoms with Crippen molar-refractivity contribution < 1.29 is 0 Å². The molecule has 102 valence electrons. The van der Waals surface area contributed by atoms with Gasteiger partial charge in [0.25, 0.3) is 0 Å². The van der Waals surface area contributed by atoms with Crippen molar-refractivity contribution in [3.63, 3.8) is 0 Å². The molecule has 3 aromatic heterocycles. The van der Waals surface area contributed by atoms with Crippen LogP contribution in [0, 0.1) is 0 Å². The molecule has 0 saturated carbocycles. The summed E-state index contributed by atoms with van der Waals surface area (Å²) in [7, 11) is 0. The molecule has 4 nitrogen and oxygen atoms in total. The first kappa shape index (κ1) is 12.1. The maximum absolute atomic E-state index is 4.28. The monoisotopic (exact) mass is 284 g/mol. The fraction of sp³-hybridized carbons (Fsp3) is 0.333. The highest BCUT2D eigenvalue weighted by Crippen LogP contribution is 2.33. The molecule has 0 bridgehead atoms. The molecule has 1 N–H and O–H groups in total. The molecule has 1 aliphatic rings. The van der Waals surface area contributed by atoms with E-state index in [2.05, 4.69) is 27.0 Å². The molecule has 0 saturated heterocycles. The van der Waals surface area contributed by atoms with Crippen LogP contribution in [0.5, 0.6) is 0 Å². The van der Waals surface area contributed by atoms with E-state index in [4.69, 9.17) is 0 Å². The molecule has 20 heavy (non-hydrogen) atoms. The summed E-state index contributed by atoms with van der Waals surface area (Å²) in [6.45, 7) is 0.755. The van der Waals surface area contributed by atoms with Gasteiger partial charge in [0.1, 0.15) is 0 Å². The van der Waals surface area contributed by atoms with E-state index in [0.717, 1.165) is 18.0 Å². The van der Waals surface area contributed by atoms with Crippen LogP contribution >= 0.6 is 11.3 Å². The Morgan fingerprint density at radius 1 is 1.30 bits per heavy atom. The highest BCUT2D eigenvalue weighted by atomic mass is 32.1. The van der Waals surface area contributed by atoms with Crippen LogP contribution in [0.2, 0.25) is 0 Å². The van der Waals surface area contributed by atoms with E-state index in [0.29, 0.717) is 6.04 Å². The van der Waals surface area contributed by atoms with Crippen LogP contribution in [0.1, 0.15) is 35.1 Å². The van der Waals surface area contributed by atoms with Crippen molar-refractivity contribution in [1.82, 2.24) is 19.9 Å². The van der Waals surface area contributed by atoms with E-state index in [-0.39, 0.29) is 0 Å². The van der Waals surface area contributed by atoms with Crippen molar-refractivity contribution >= 4 is 17.0 Å². The van der Waals surface area contributed by atoms with E-state index < -0.39 is 0 Å². The molecule has 0 fully saturated rings. The summed E-state index contributed by atoms with van der Waals surface area (Å²) in [4.78, 5) is 1.54. The standard InChI is InChI=1S/C15H16N4S/c1-2-8-19-14(6-1)17-18-15(19)10-16-12-4-3-5-13-11(12)7-9-20-13/h1-2,6-9,12,16H,3-5,10H2. The van der Waals surface area contributed by atoms with Crippen LogP contribution in [-0.4, -0.2) is 14.6 Å². The molecular weight excluding hydrogens is 268 g/mol. The van der Waals surface area contributed by atoms with Crippen LogP contribution in [0.3, 0.4) is 0 Å². The Kier molecular flexibility index (Phi) is 3.01. The number of aryl methyl sites for hydroxylation is 1. The van der Waals surface area contributed by atoms with Gasteiger partial charge in [0.2, 0.25) is 0 Å². The summed E-state index contributed by atoms with van der Waals surface area (Å²) in [5, 5.41) is 14.3. The molecule has 3 heterocycles. The summed E-state index contributed by atoms with van der Waals surface area (Å²) in [6, 6.07) is 8.70. The molecule has 0 radical (unpaired) electrons. The predicted octanol–water partition coefficient (Wildman–Crippen LogP) is 2.96. The Labute approximate surface area is 121 Å². The average Bonchev–Trinajstić information content (AvgIpc) is 3.12. The number of fused-ring (bicyclic) bond motifs is 2. The van der Waals surface area contributed by atoms with Crippen LogP contribution in [-0.2, 0) is 13.0 Å². The molecule has 5 heteroatoms. The van der Waals surface area contributed by atoms with E-state index >= 15 is 0 Å². The van der Waals surface area contributed by atoms with Gasteiger partial charge in [-0.25, -0.2) is 0 Å².